The minimum absolute atomic E-state index is 0.0428. The summed E-state index contributed by atoms with van der Waals surface area (Å²) in [6, 6.07) is 71.2. The highest BCUT2D eigenvalue weighted by Crippen LogP contribution is 2.36. The third-order valence-corrected chi connectivity index (χ3v) is 24.8. The maximum Gasteiger partial charge on any atom is 0.253 e. The fourth-order valence-electron chi connectivity index (χ4n) is 15.5. The third kappa shape index (κ3) is 27.7. The number of sulfonamides is 4. The van der Waals surface area contributed by atoms with Crippen molar-refractivity contribution in [2.75, 3.05) is 51.5 Å². The van der Waals surface area contributed by atoms with Gasteiger partial charge in [0, 0.05) is 133 Å². The first-order valence-corrected chi connectivity index (χ1v) is 50.8. The van der Waals surface area contributed by atoms with E-state index in [-0.39, 0.29) is 25.8 Å². The fourth-order valence-corrected chi connectivity index (χ4v) is 18.4. The standard InChI is InChI=1S/2C25H25ClN2O4S.C24H24N2O4S.C23H26Cl2N2O4S/c1-33(30,31)27-24(29)14-15-28-17-19(25-21(26)11-5-12-22(25)28)9-6-16-32-23-13-4-8-18-7-2-3-10-20(18)23;1-33(30,31)27-25(29)13-14-28-17-19(21-12-11-20(26)16-23(21)28)8-5-15-32-24-10-4-7-18-6-2-3-9-22(18)24;1-31(28,29)25-24(27)17-26-16-19(20-11-4-5-13-22(20)26)10-7-15-30-23-14-6-9-18-8-2-3-12-21(18)23;1-15-12-18(13-16(2)23(15)25)31-11-5-6-17-14-27(10-9-21(28)26-32(3,29)30)20-8-4-7-19(24)22(17)20/h2-5,7-8,10-13,17H,6,9,14-16H2,1H3,(H,27,29);2-4,6-7,9-12,16-17H,5,8,13-15H2,1H3,(H,27,29);2-6,8-9,11-14,16H,7,10,15,17H2,1H3,(H,25,27);4,7-8,12-14H,5-6,9-11H2,1-3H3,(H,26,28). The van der Waals surface area contributed by atoms with E-state index in [0.29, 0.717) is 61.1 Å². The molecule has 0 atom stereocenters. The molecule has 11 aromatic carbocycles. The molecule has 4 amide bonds. The summed E-state index contributed by atoms with van der Waals surface area (Å²) in [6.07, 6.45) is 18.2. The van der Waals surface area contributed by atoms with Gasteiger partial charge in [-0.15, -0.1) is 0 Å². The summed E-state index contributed by atoms with van der Waals surface area (Å²) in [6.45, 7) is 7.14. The van der Waals surface area contributed by atoms with E-state index in [1.165, 1.54) is 0 Å². The molecule has 0 bridgehead atoms. The van der Waals surface area contributed by atoms with Crippen LogP contribution in [0.15, 0.2) is 243 Å². The fraction of sp³-hybridized carbons (Fsp3) is 0.258. The van der Waals surface area contributed by atoms with E-state index in [9.17, 15) is 52.8 Å². The van der Waals surface area contributed by atoms with Crippen LogP contribution in [0.5, 0.6) is 23.0 Å². The van der Waals surface area contributed by atoms with E-state index in [1.807, 2.05) is 235 Å². The number of amides is 4. The van der Waals surface area contributed by atoms with Gasteiger partial charge >= 0.3 is 0 Å². The molecule has 15 rings (SSSR count). The number of aryl methyl sites for hydroxylation is 9. The van der Waals surface area contributed by atoms with E-state index in [0.717, 1.165) is 214 Å². The van der Waals surface area contributed by atoms with Gasteiger partial charge in [0.25, 0.3) is 5.91 Å². The SMILES string of the molecule is CS(=O)(=O)NC(=O)CCn1cc(CCCOc2cccc3ccccc23)c2c(Cl)cccc21.CS(=O)(=O)NC(=O)CCn1cc(CCCOc2cccc3ccccc23)c2ccc(Cl)cc21.CS(=O)(=O)NC(=O)Cn1cc(CCCOc2cccc3ccccc23)c2ccccc21.Cc1cc(OCCCc2cn(CCC(=O)NS(C)(=O)=O)c3cccc(Cl)c23)cc(C)c1Cl. The molecule has 0 aliphatic rings. The van der Waals surface area contributed by atoms with Crippen LogP contribution in [0.25, 0.3) is 75.9 Å². The van der Waals surface area contributed by atoms with Crippen molar-refractivity contribution in [2.24, 2.45) is 0 Å². The van der Waals surface area contributed by atoms with Crippen molar-refractivity contribution in [1.29, 1.82) is 0 Å². The smallest absolute Gasteiger partial charge is 0.253 e. The van der Waals surface area contributed by atoms with Crippen LogP contribution in [-0.2, 0) is 111 Å². The topological polar surface area (TPSA) is 310 Å². The number of halogens is 4. The number of carbonyl (C=O) groups excluding carboxylic acids is 4. The third-order valence-electron chi connectivity index (χ3n) is 21.0. The number of nitrogens with zero attached hydrogens (tertiary/aromatic N) is 4. The molecule has 24 nitrogen and oxygen atoms in total. The highest BCUT2D eigenvalue weighted by Gasteiger charge is 2.21. The first-order chi connectivity index (χ1) is 61.6. The molecule has 0 fully saturated rings. The van der Waals surface area contributed by atoms with Gasteiger partial charge in [0.2, 0.25) is 57.8 Å². The summed E-state index contributed by atoms with van der Waals surface area (Å²) in [7, 11) is -14.3. The molecular formula is C97H100Cl4N8O16S4. The lowest BCUT2D eigenvalue weighted by molar-refractivity contribution is -0.120. The first kappa shape index (κ1) is 96.5. The zero-order valence-corrected chi connectivity index (χ0v) is 78.3. The molecule has 0 aliphatic carbocycles. The van der Waals surface area contributed by atoms with Gasteiger partial charge in [-0.25, -0.2) is 33.7 Å². The van der Waals surface area contributed by atoms with Crippen LogP contribution >= 0.6 is 46.4 Å². The highest BCUT2D eigenvalue weighted by atomic mass is 35.5. The maximum atomic E-state index is 12.1. The molecule has 0 aliphatic heterocycles. The second kappa shape index (κ2) is 44.1. The van der Waals surface area contributed by atoms with Crippen molar-refractivity contribution in [3.8, 4) is 23.0 Å². The number of nitrogens with one attached hydrogen (secondary N) is 4. The maximum absolute atomic E-state index is 12.1. The lowest BCUT2D eigenvalue weighted by Crippen LogP contribution is -2.32. The number of hydrogen-bond acceptors (Lipinski definition) is 16. The molecule has 0 unspecified atom stereocenters. The van der Waals surface area contributed by atoms with Crippen LogP contribution in [0.1, 0.15) is 78.3 Å². The molecule has 32 heteroatoms. The van der Waals surface area contributed by atoms with Crippen molar-refractivity contribution in [3.05, 3.63) is 297 Å². The minimum atomic E-state index is -3.58. The Kier molecular flexibility index (Phi) is 33.0. The number of fused-ring (bicyclic) bond motifs is 7. The van der Waals surface area contributed by atoms with Crippen molar-refractivity contribution < 1.29 is 71.8 Å². The van der Waals surface area contributed by atoms with Crippen LogP contribution in [0.3, 0.4) is 0 Å². The van der Waals surface area contributed by atoms with Crippen LogP contribution in [0.4, 0.5) is 0 Å². The molecular weight excluding hydrogens is 1800 g/mol. The second-order valence-electron chi connectivity index (χ2n) is 31.3. The average Bonchev–Trinajstić information content (AvgIpc) is 1.64. The van der Waals surface area contributed by atoms with Gasteiger partial charge in [-0.3, -0.25) is 38.1 Å². The Morgan fingerprint density at radius 3 is 1.05 bits per heavy atom. The second-order valence-corrected chi connectivity index (χ2v) is 39.9. The zero-order valence-electron chi connectivity index (χ0n) is 72.0. The summed E-state index contributed by atoms with van der Waals surface area (Å²) in [5, 5.41) is 13.4. The Bertz CT molecular complexity index is 7010. The summed E-state index contributed by atoms with van der Waals surface area (Å²) < 4.78 is 130. The molecule has 15 aromatic rings. The van der Waals surface area contributed by atoms with E-state index in [4.69, 9.17) is 65.4 Å². The number of ether oxygens (including phenoxy) is 4. The van der Waals surface area contributed by atoms with Crippen LogP contribution in [0.2, 0.25) is 20.1 Å². The molecule has 0 saturated heterocycles. The van der Waals surface area contributed by atoms with Crippen LogP contribution in [0, 0.1) is 13.8 Å². The van der Waals surface area contributed by atoms with E-state index in [2.05, 4.69) is 54.6 Å². The lowest BCUT2D eigenvalue weighted by Gasteiger charge is -2.10. The van der Waals surface area contributed by atoms with Crippen LogP contribution < -0.4 is 37.8 Å². The van der Waals surface area contributed by atoms with E-state index < -0.39 is 63.7 Å². The predicted molar refractivity (Wildman–Crippen MR) is 517 cm³/mol. The predicted octanol–water partition coefficient (Wildman–Crippen LogP) is 18.8. The Morgan fingerprint density at radius 2 is 0.643 bits per heavy atom. The summed E-state index contributed by atoms with van der Waals surface area (Å²) in [5.74, 6) is 1.23. The molecule has 0 saturated carbocycles. The van der Waals surface area contributed by atoms with Gasteiger partial charge in [-0.2, -0.15) is 0 Å². The molecule has 129 heavy (non-hydrogen) atoms. The van der Waals surface area contributed by atoms with Gasteiger partial charge in [-0.05, 0) is 188 Å². The summed E-state index contributed by atoms with van der Waals surface area (Å²) in [4.78, 5) is 47.8. The number of benzene rings is 11. The van der Waals surface area contributed by atoms with Gasteiger partial charge in [-0.1, -0.05) is 192 Å². The van der Waals surface area contributed by atoms with Crippen molar-refractivity contribution in [1.82, 2.24) is 37.2 Å². The number of rotatable bonds is 35. The highest BCUT2D eigenvalue weighted by molar-refractivity contribution is 7.90. The summed E-state index contributed by atoms with van der Waals surface area (Å²) >= 11 is 25.4. The summed E-state index contributed by atoms with van der Waals surface area (Å²) in [5.41, 5.74) is 9.96. The van der Waals surface area contributed by atoms with Gasteiger partial charge < -0.3 is 37.2 Å². The van der Waals surface area contributed by atoms with Crippen molar-refractivity contribution in [2.45, 2.75) is 111 Å². The van der Waals surface area contributed by atoms with Gasteiger partial charge in [0.15, 0.2) is 0 Å². The Hall–Kier alpha value is -11.6. The molecule has 4 N–H and O–H groups in total. The Labute approximate surface area is 770 Å². The number of aromatic nitrogens is 4. The molecule has 0 spiro atoms. The number of para-hydroxylation sites is 1. The van der Waals surface area contributed by atoms with Crippen molar-refractivity contribution in [3.63, 3.8) is 0 Å². The number of hydrogen-bond donors (Lipinski definition) is 4. The molecule has 0 radical (unpaired) electrons. The molecule has 4 aromatic heterocycles. The van der Waals surface area contributed by atoms with Crippen molar-refractivity contribution >= 4 is 186 Å². The zero-order chi connectivity index (χ0) is 92.2. The monoisotopic (exact) mass is 1900 g/mol. The Balaban J connectivity index is 0.000000156. The normalized spacial score (nSPS) is 11.7. The number of carbonyl (C=O) groups is 4. The van der Waals surface area contributed by atoms with Gasteiger partial charge in [0.05, 0.1) is 61.5 Å². The van der Waals surface area contributed by atoms with Gasteiger partial charge in [0.1, 0.15) is 29.5 Å². The van der Waals surface area contributed by atoms with E-state index >= 15 is 0 Å². The first-order valence-electron chi connectivity index (χ1n) is 41.7. The quantitative estimate of drug-likeness (QED) is 0.0268. The van der Waals surface area contributed by atoms with Crippen LogP contribution in [-0.4, -0.2) is 127 Å². The minimum Gasteiger partial charge on any atom is -0.494 e. The Morgan fingerprint density at radius 1 is 0.326 bits per heavy atom. The molecule has 676 valence electrons. The molecule has 4 heterocycles. The lowest BCUT2D eigenvalue weighted by atomic mass is 10.1. The average molecular weight is 1900 g/mol. The van der Waals surface area contributed by atoms with E-state index in [1.54, 1.807) is 4.57 Å². The largest absolute Gasteiger partial charge is 0.494 e.